The molecule has 1 aliphatic carbocycles. The lowest BCUT2D eigenvalue weighted by molar-refractivity contribution is -0.143. The van der Waals surface area contributed by atoms with E-state index in [-0.39, 0.29) is 37.2 Å². The van der Waals surface area contributed by atoms with Crippen LogP contribution in [0.4, 0.5) is 0 Å². The van der Waals surface area contributed by atoms with Gasteiger partial charge in [0.1, 0.15) is 12.4 Å². The fourth-order valence-electron chi connectivity index (χ4n) is 5.45. The van der Waals surface area contributed by atoms with E-state index in [1.54, 1.807) is 31.2 Å². The van der Waals surface area contributed by atoms with Crippen molar-refractivity contribution in [1.29, 1.82) is 0 Å². The number of rotatable bonds is 9. The van der Waals surface area contributed by atoms with Crippen LogP contribution in [-0.4, -0.2) is 50.6 Å². The zero-order valence-corrected chi connectivity index (χ0v) is 22.6. The van der Waals surface area contributed by atoms with E-state index >= 15 is 0 Å². The fourth-order valence-corrected chi connectivity index (χ4v) is 5.45. The number of carbonyl (C=O) groups excluding carboxylic acids is 2. The molecule has 0 bridgehead atoms. The lowest BCUT2D eigenvalue weighted by Crippen LogP contribution is -2.36. The highest BCUT2D eigenvalue weighted by Crippen LogP contribution is 2.36. The Balaban J connectivity index is 1.47. The smallest absolute Gasteiger partial charge is 0.335 e. The summed E-state index contributed by atoms with van der Waals surface area (Å²) in [5.41, 5.74) is 3.97. The number of benzene rings is 3. The van der Waals surface area contributed by atoms with Gasteiger partial charge in [0.2, 0.25) is 0 Å². The Bertz CT molecular complexity index is 1510. The maximum Gasteiger partial charge on any atom is 0.335 e. The summed E-state index contributed by atoms with van der Waals surface area (Å²) in [6.07, 6.45) is 5.57. The molecule has 1 aromatic heterocycles. The van der Waals surface area contributed by atoms with Gasteiger partial charge >= 0.3 is 11.9 Å². The Morgan fingerprint density at radius 2 is 1.65 bits per heavy atom. The number of aromatic carboxylic acids is 1. The summed E-state index contributed by atoms with van der Waals surface area (Å²) in [7, 11) is 0. The summed E-state index contributed by atoms with van der Waals surface area (Å²) >= 11 is 0. The van der Waals surface area contributed by atoms with Gasteiger partial charge in [0.15, 0.2) is 0 Å². The molecule has 8 heteroatoms. The van der Waals surface area contributed by atoms with Crippen molar-refractivity contribution < 1.29 is 24.2 Å². The first-order chi connectivity index (χ1) is 19.4. The number of aromatic nitrogens is 2. The molecular weight excluding hydrogens is 506 g/mol. The number of nitrogens with zero attached hydrogens (tertiary/aromatic N) is 3. The third-order valence-corrected chi connectivity index (χ3v) is 7.40. The SMILES string of the molecule is CCOC(=O)CN(Cc1ccccc1)C(=O)c1ccc(-c2nc3cc(C(=O)O)ccc3n2C2CCCCC2)cc1. The highest BCUT2D eigenvalue weighted by atomic mass is 16.5. The molecule has 5 rings (SSSR count). The van der Waals surface area contributed by atoms with Crippen molar-refractivity contribution in [2.24, 2.45) is 0 Å². The molecular formula is C32H33N3O5. The number of ether oxygens (including phenoxy) is 1. The summed E-state index contributed by atoms with van der Waals surface area (Å²) in [5, 5.41) is 9.49. The molecule has 3 aromatic carbocycles. The zero-order chi connectivity index (χ0) is 28.1. The Hall–Kier alpha value is -4.46. The standard InChI is InChI=1S/C32H33N3O5/c1-2-40-29(36)21-34(20-22-9-5-3-6-10-22)31(37)24-15-13-23(14-16-24)30-33-27-19-25(32(38)39)17-18-28(27)35(30)26-11-7-4-8-12-26/h3,5-6,9-10,13-19,26H,2,4,7-8,11-12,20-21H2,1H3,(H,38,39). The number of carbonyl (C=O) groups is 3. The minimum Gasteiger partial charge on any atom is -0.478 e. The highest BCUT2D eigenvalue weighted by Gasteiger charge is 2.24. The van der Waals surface area contributed by atoms with Crippen LogP contribution < -0.4 is 0 Å². The van der Waals surface area contributed by atoms with Crippen LogP contribution in [0.1, 0.15) is 71.3 Å². The van der Waals surface area contributed by atoms with Crippen LogP contribution in [0.2, 0.25) is 0 Å². The minimum atomic E-state index is -0.985. The molecule has 0 radical (unpaired) electrons. The predicted molar refractivity (Wildman–Crippen MR) is 152 cm³/mol. The Labute approximate surface area is 233 Å². The molecule has 1 heterocycles. The number of carboxylic acid groups (broad SMARTS) is 1. The number of hydrogen-bond acceptors (Lipinski definition) is 5. The summed E-state index contributed by atoms with van der Waals surface area (Å²) in [4.78, 5) is 43.8. The van der Waals surface area contributed by atoms with Crippen LogP contribution in [0.15, 0.2) is 72.8 Å². The molecule has 0 saturated heterocycles. The van der Waals surface area contributed by atoms with E-state index in [4.69, 9.17) is 9.72 Å². The van der Waals surface area contributed by atoms with Crippen LogP contribution >= 0.6 is 0 Å². The summed E-state index contributed by atoms with van der Waals surface area (Å²) < 4.78 is 7.35. The maximum atomic E-state index is 13.5. The molecule has 40 heavy (non-hydrogen) atoms. The van der Waals surface area contributed by atoms with Crippen molar-refractivity contribution in [3.05, 3.63) is 89.5 Å². The highest BCUT2D eigenvalue weighted by molar-refractivity contribution is 5.97. The second-order valence-corrected chi connectivity index (χ2v) is 10.1. The fraction of sp³-hybridized carbons (Fsp3) is 0.312. The van der Waals surface area contributed by atoms with Crippen molar-refractivity contribution in [2.45, 2.75) is 51.6 Å². The topological polar surface area (TPSA) is 102 Å². The van der Waals surface area contributed by atoms with Crippen molar-refractivity contribution in [2.75, 3.05) is 13.2 Å². The number of amides is 1. The molecule has 206 valence electrons. The van der Waals surface area contributed by atoms with E-state index in [1.165, 1.54) is 11.3 Å². The first-order valence-corrected chi connectivity index (χ1v) is 13.8. The van der Waals surface area contributed by atoms with Crippen molar-refractivity contribution >= 4 is 28.9 Å². The van der Waals surface area contributed by atoms with Gasteiger partial charge in [0.25, 0.3) is 5.91 Å². The molecule has 0 aliphatic heterocycles. The van der Waals surface area contributed by atoms with E-state index in [0.717, 1.165) is 48.2 Å². The molecule has 0 atom stereocenters. The molecule has 0 spiro atoms. The van der Waals surface area contributed by atoms with Crippen molar-refractivity contribution in [1.82, 2.24) is 14.5 Å². The van der Waals surface area contributed by atoms with Gasteiger partial charge in [0, 0.05) is 23.7 Å². The van der Waals surface area contributed by atoms with E-state index in [1.807, 2.05) is 48.5 Å². The number of imidazole rings is 1. The van der Waals surface area contributed by atoms with Crippen molar-refractivity contribution in [3.63, 3.8) is 0 Å². The summed E-state index contributed by atoms with van der Waals surface area (Å²) in [6.45, 7) is 2.12. The quantitative estimate of drug-likeness (QED) is 0.258. The van der Waals surface area contributed by atoms with Gasteiger partial charge in [-0.1, -0.05) is 61.7 Å². The van der Waals surface area contributed by atoms with E-state index in [2.05, 4.69) is 4.57 Å². The van der Waals surface area contributed by atoms with Crippen LogP contribution in [-0.2, 0) is 16.1 Å². The predicted octanol–water partition coefficient (Wildman–Crippen LogP) is 6.11. The Kier molecular flexibility index (Phi) is 8.24. The van der Waals surface area contributed by atoms with Crippen molar-refractivity contribution in [3.8, 4) is 11.4 Å². The Morgan fingerprint density at radius 3 is 2.33 bits per heavy atom. The average Bonchev–Trinajstić information content (AvgIpc) is 3.36. The van der Waals surface area contributed by atoms with E-state index in [9.17, 15) is 19.5 Å². The normalized spacial score (nSPS) is 13.7. The zero-order valence-electron chi connectivity index (χ0n) is 22.6. The molecule has 1 N–H and O–H groups in total. The third kappa shape index (κ3) is 5.91. The number of fused-ring (bicyclic) bond motifs is 1. The monoisotopic (exact) mass is 539 g/mol. The van der Waals surface area contributed by atoms with Gasteiger partial charge in [-0.15, -0.1) is 0 Å². The first kappa shape index (κ1) is 27.1. The van der Waals surface area contributed by atoms with Crippen LogP contribution in [0.5, 0.6) is 0 Å². The van der Waals surface area contributed by atoms with Gasteiger partial charge < -0.3 is 19.3 Å². The number of carboxylic acids is 1. The molecule has 1 fully saturated rings. The second kappa shape index (κ2) is 12.2. The lowest BCUT2D eigenvalue weighted by Gasteiger charge is -2.26. The average molecular weight is 540 g/mol. The van der Waals surface area contributed by atoms with E-state index < -0.39 is 11.9 Å². The maximum absolute atomic E-state index is 13.5. The second-order valence-electron chi connectivity index (χ2n) is 10.1. The molecule has 8 nitrogen and oxygen atoms in total. The van der Waals surface area contributed by atoms with Crippen LogP contribution in [0.25, 0.3) is 22.4 Å². The summed E-state index contributed by atoms with van der Waals surface area (Å²) in [6, 6.07) is 22.2. The van der Waals surface area contributed by atoms with E-state index in [0.29, 0.717) is 11.1 Å². The first-order valence-electron chi connectivity index (χ1n) is 13.8. The minimum absolute atomic E-state index is 0.146. The van der Waals surface area contributed by atoms with Crippen LogP contribution in [0.3, 0.4) is 0 Å². The summed E-state index contributed by atoms with van der Waals surface area (Å²) in [5.74, 6) is -0.946. The molecule has 1 aliphatic rings. The third-order valence-electron chi connectivity index (χ3n) is 7.40. The van der Waals surface area contributed by atoms with Gasteiger partial charge in [-0.05, 0) is 55.7 Å². The van der Waals surface area contributed by atoms with Gasteiger partial charge in [-0.25, -0.2) is 9.78 Å². The molecule has 1 saturated carbocycles. The van der Waals surface area contributed by atoms with Gasteiger partial charge in [0.05, 0.1) is 23.2 Å². The van der Waals surface area contributed by atoms with Gasteiger partial charge in [-0.2, -0.15) is 0 Å². The largest absolute Gasteiger partial charge is 0.478 e. The van der Waals surface area contributed by atoms with Crippen LogP contribution in [0, 0.1) is 0 Å². The Morgan fingerprint density at radius 1 is 0.950 bits per heavy atom. The molecule has 4 aromatic rings. The number of hydrogen-bond donors (Lipinski definition) is 1. The number of esters is 1. The molecule has 1 amide bonds. The molecule has 0 unspecified atom stereocenters. The lowest BCUT2D eigenvalue weighted by atomic mass is 9.94. The van der Waals surface area contributed by atoms with Gasteiger partial charge in [-0.3, -0.25) is 9.59 Å².